The zero-order chi connectivity index (χ0) is 17.8. The Morgan fingerprint density at radius 2 is 1.83 bits per heavy atom. The Bertz CT molecular complexity index is 452. The second-order valence-electron chi connectivity index (χ2n) is 6.36. The minimum absolute atomic E-state index is 0.492. The zero-order valence-corrected chi connectivity index (χ0v) is 14.7. The van der Waals surface area contributed by atoms with E-state index in [4.69, 9.17) is 0 Å². The Morgan fingerprint density at radius 3 is 2.42 bits per heavy atom. The number of aliphatic hydroxyl groups is 1. The number of unbranched alkanes of at least 4 members (excludes halogenated alkanes) is 3. The van der Waals surface area contributed by atoms with E-state index in [1.54, 1.807) is 0 Å². The maximum Gasteiger partial charge on any atom is 0.250 e. The molecule has 0 bridgehead atoms. The van der Waals surface area contributed by atoms with Crippen LogP contribution in [0.25, 0.3) is 0 Å². The van der Waals surface area contributed by atoms with Crippen molar-refractivity contribution in [3.05, 3.63) is 48.6 Å². The van der Waals surface area contributed by atoms with Crippen LogP contribution in [0, 0.1) is 0 Å². The summed E-state index contributed by atoms with van der Waals surface area (Å²) in [5.74, 6) is 0. The Kier molecular flexibility index (Phi) is 9.80. The van der Waals surface area contributed by atoms with Crippen molar-refractivity contribution in [1.82, 2.24) is 5.32 Å². The quantitative estimate of drug-likeness (QED) is 0.300. The van der Waals surface area contributed by atoms with Gasteiger partial charge in [-0.15, -0.1) is 6.58 Å². The van der Waals surface area contributed by atoms with E-state index < -0.39 is 24.6 Å². The summed E-state index contributed by atoms with van der Waals surface area (Å²) in [6.45, 7) is 5.35. The van der Waals surface area contributed by atoms with E-state index in [-0.39, 0.29) is 0 Å². The van der Waals surface area contributed by atoms with E-state index in [1.807, 2.05) is 36.4 Å². The zero-order valence-electron chi connectivity index (χ0n) is 14.7. The van der Waals surface area contributed by atoms with E-state index in [9.17, 15) is 13.9 Å². The molecule has 4 heteroatoms. The molecule has 2 unspecified atom stereocenters. The van der Waals surface area contributed by atoms with Crippen molar-refractivity contribution in [2.75, 3.05) is 6.54 Å². The lowest BCUT2D eigenvalue weighted by Gasteiger charge is -2.39. The van der Waals surface area contributed by atoms with Gasteiger partial charge in [-0.25, -0.2) is 8.78 Å². The summed E-state index contributed by atoms with van der Waals surface area (Å²) in [5.41, 5.74) is 0.485. The van der Waals surface area contributed by atoms with Crippen molar-refractivity contribution in [3.8, 4) is 0 Å². The van der Waals surface area contributed by atoms with Gasteiger partial charge in [0.2, 0.25) is 0 Å². The normalized spacial score (nSPS) is 15.2. The summed E-state index contributed by atoms with van der Waals surface area (Å²) < 4.78 is 25.2. The van der Waals surface area contributed by atoms with E-state index in [1.165, 1.54) is 0 Å². The van der Waals surface area contributed by atoms with Gasteiger partial charge in [-0.1, -0.05) is 62.6 Å². The van der Waals surface area contributed by atoms with E-state index in [2.05, 4.69) is 18.8 Å². The van der Waals surface area contributed by atoms with Gasteiger partial charge in [-0.2, -0.15) is 0 Å². The number of hydrogen-bond acceptors (Lipinski definition) is 2. The number of nitrogens with one attached hydrogen (secondary N) is 1. The molecule has 1 aromatic rings. The summed E-state index contributed by atoms with van der Waals surface area (Å²) >= 11 is 0. The van der Waals surface area contributed by atoms with Gasteiger partial charge in [0.25, 0.3) is 6.43 Å². The average Bonchev–Trinajstić information content (AvgIpc) is 2.60. The molecule has 1 rings (SSSR count). The first kappa shape index (κ1) is 20.8. The van der Waals surface area contributed by atoms with Crippen LogP contribution in [-0.2, 0) is 5.41 Å². The Labute approximate surface area is 145 Å². The first-order valence-corrected chi connectivity index (χ1v) is 8.93. The maximum absolute atomic E-state index is 12.6. The summed E-state index contributed by atoms with van der Waals surface area (Å²) in [5, 5.41) is 13.4. The standard InChI is InChI=1S/C20H31F2NO/c1-3-5-7-11-15-20(14-6-4-2,17-12-9-8-10-13-17)19(24)23-16-18(21)22/h3,8-10,12-13,18-19,23-24H,1,4-7,11,14-16H2,2H3. The third-order valence-corrected chi connectivity index (χ3v) is 4.60. The van der Waals surface area contributed by atoms with Crippen LogP contribution >= 0.6 is 0 Å². The molecular formula is C20H31F2NO. The Hall–Kier alpha value is -1.26. The van der Waals surface area contributed by atoms with Crippen molar-refractivity contribution >= 4 is 0 Å². The third kappa shape index (κ3) is 6.33. The van der Waals surface area contributed by atoms with Gasteiger partial charge in [0.15, 0.2) is 0 Å². The molecule has 2 atom stereocenters. The largest absolute Gasteiger partial charge is 0.378 e. The fraction of sp³-hybridized carbons (Fsp3) is 0.600. The molecular weight excluding hydrogens is 308 g/mol. The van der Waals surface area contributed by atoms with Gasteiger partial charge in [0, 0.05) is 5.41 Å². The Balaban J connectivity index is 3.03. The molecule has 0 radical (unpaired) electrons. The van der Waals surface area contributed by atoms with Crippen molar-refractivity contribution < 1.29 is 13.9 Å². The van der Waals surface area contributed by atoms with E-state index in [0.29, 0.717) is 0 Å². The minimum atomic E-state index is -2.47. The molecule has 2 nitrogen and oxygen atoms in total. The second kappa shape index (κ2) is 11.3. The average molecular weight is 339 g/mol. The molecule has 0 saturated heterocycles. The van der Waals surface area contributed by atoms with Gasteiger partial charge in [-0.05, 0) is 31.2 Å². The van der Waals surface area contributed by atoms with Crippen molar-refractivity contribution in [1.29, 1.82) is 0 Å². The van der Waals surface area contributed by atoms with E-state index in [0.717, 1.165) is 50.5 Å². The smallest absolute Gasteiger partial charge is 0.250 e. The number of alkyl halides is 2. The van der Waals surface area contributed by atoms with Crippen LogP contribution < -0.4 is 5.32 Å². The summed E-state index contributed by atoms with van der Waals surface area (Å²) in [6.07, 6.45) is 4.78. The molecule has 0 amide bonds. The predicted molar refractivity (Wildman–Crippen MR) is 96.3 cm³/mol. The first-order valence-electron chi connectivity index (χ1n) is 8.93. The highest BCUT2D eigenvalue weighted by Gasteiger charge is 2.38. The first-order chi connectivity index (χ1) is 11.6. The van der Waals surface area contributed by atoms with Crippen LogP contribution in [0.15, 0.2) is 43.0 Å². The molecule has 0 aliphatic carbocycles. The molecule has 0 heterocycles. The number of rotatable bonds is 13. The van der Waals surface area contributed by atoms with Crippen molar-refractivity contribution in [2.24, 2.45) is 0 Å². The fourth-order valence-electron chi connectivity index (χ4n) is 3.23. The second-order valence-corrected chi connectivity index (χ2v) is 6.36. The van der Waals surface area contributed by atoms with Crippen LogP contribution in [-0.4, -0.2) is 24.3 Å². The molecule has 0 aromatic heterocycles. The number of hydrogen-bond donors (Lipinski definition) is 2. The lowest BCUT2D eigenvalue weighted by molar-refractivity contribution is 0.0190. The SMILES string of the molecule is C=CCCCCC(CCCC)(c1ccccc1)C(O)NCC(F)F. The van der Waals surface area contributed by atoms with Gasteiger partial charge in [0.1, 0.15) is 6.23 Å². The molecule has 136 valence electrons. The maximum atomic E-state index is 12.6. The van der Waals surface area contributed by atoms with Gasteiger partial charge in [0.05, 0.1) is 6.54 Å². The Morgan fingerprint density at radius 1 is 1.17 bits per heavy atom. The van der Waals surface area contributed by atoms with Gasteiger partial charge in [-0.3, -0.25) is 5.32 Å². The van der Waals surface area contributed by atoms with Crippen molar-refractivity contribution in [2.45, 2.75) is 69.9 Å². The van der Waals surface area contributed by atoms with Crippen LogP contribution in [0.1, 0.15) is 57.4 Å². The van der Waals surface area contributed by atoms with Crippen LogP contribution in [0.4, 0.5) is 8.78 Å². The highest BCUT2D eigenvalue weighted by molar-refractivity contribution is 5.27. The molecule has 24 heavy (non-hydrogen) atoms. The third-order valence-electron chi connectivity index (χ3n) is 4.60. The fourth-order valence-corrected chi connectivity index (χ4v) is 3.23. The summed E-state index contributed by atoms with van der Waals surface area (Å²) in [7, 11) is 0. The van der Waals surface area contributed by atoms with Crippen LogP contribution in [0.3, 0.4) is 0 Å². The van der Waals surface area contributed by atoms with E-state index >= 15 is 0 Å². The lowest BCUT2D eigenvalue weighted by Crippen LogP contribution is -2.50. The lowest BCUT2D eigenvalue weighted by atomic mass is 9.71. The molecule has 0 saturated carbocycles. The summed E-state index contributed by atoms with van der Waals surface area (Å²) in [6, 6.07) is 9.82. The highest BCUT2D eigenvalue weighted by Crippen LogP contribution is 2.38. The number of benzene rings is 1. The molecule has 0 aliphatic heterocycles. The molecule has 0 fully saturated rings. The summed E-state index contributed by atoms with van der Waals surface area (Å²) in [4.78, 5) is 0. The predicted octanol–water partition coefficient (Wildman–Crippen LogP) is 5.03. The van der Waals surface area contributed by atoms with Crippen LogP contribution in [0.5, 0.6) is 0 Å². The van der Waals surface area contributed by atoms with Crippen molar-refractivity contribution in [3.63, 3.8) is 0 Å². The molecule has 1 aromatic carbocycles. The highest BCUT2D eigenvalue weighted by atomic mass is 19.3. The van der Waals surface area contributed by atoms with Gasteiger partial charge < -0.3 is 5.11 Å². The monoisotopic (exact) mass is 339 g/mol. The number of halogens is 2. The molecule has 0 spiro atoms. The molecule has 2 N–H and O–H groups in total. The topological polar surface area (TPSA) is 32.3 Å². The number of allylic oxidation sites excluding steroid dienone is 1. The van der Waals surface area contributed by atoms with Crippen LogP contribution in [0.2, 0.25) is 0 Å². The molecule has 0 aliphatic rings. The van der Waals surface area contributed by atoms with Gasteiger partial charge >= 0.3 is 0 Å². The minimum Gasteiger partial charge on any atom is -0.378 e. The number of aliphatic hydroxyl groups excluding tert-OH is 1.